The summed E-state index contributed by atoms with van der Waals surface area (Å²) in [6, 6.07) is 4.64. The van der Waals surface area contributed by atoms with E-state index in [1.54, 1.807) is 19.1 Å². The molecular weight excluding hydrogens is 195 g/mol. The van der Waals surface area contributed by atoms with Crippen molar-refractivity contribution in [1.29, 1.82) is 0 Å². The first kappa shape index (κ1) is 9.58. The molecule has 76 valence electrons. The number of nitrogens with zero attached hydrogens (tertiary/aromatic N) is 1. The summed E-state index contributed by atoms with van der Waals surface area (Å²) in [6.45, 7) is 1.64. The Morgan fingerprint density at radius 2 is 2.13 bits per heavy atom. The molecule has 3 nitrogen and oxygen atoms in total. The second-order valence-electron chi connectivity index (χ2n) is 3.21. The fraction of sp³-hybridized carbons (Fsp3) is 0.0909. The van der Waals surface area contributed by atoms with Crippen LogP contribution in [0.25, 0.3) is 11.1 Å². The molecule has 1 N–H and O–H groups in total. The van der Waals surface area contributed by atoms with Crippen LogP contribution < -0.4 is 5.56 Å². The van der Waals surface area contributed by atoms with Crippen molar-refractivity contribution in [2.75, 3.05) is 0 Å². The molecule has 1 heterocycles. The van der Waals surface area contributed by atoms with Crippen molar-refractivity contribution >= 4 is 0 Å². The minimum atomic E-state index is -0.323. The zero-order chi connectivity index (χ0) is 10.8. The average molecular weight is 204 g/mol. The summed E-state index contributed by atoms with van der Waals surface area (Å²) in [4.78, 5) is 17.7. The molecule has 4 heteroatoms. The maximum atomic E-state index is 13.3. The molecule has 0 saturated carbocycles. The SMILES string of the molecule is Cc1c(F)cccc1-c1cnc[nH]c1=O. The molecular formula is C11H9FN2O. The van der Waals surface area contributed by atoms with Crippen LogP contribution in [0, 0.1) is 12.7 Å². The molecule has 0 aliphatic rings. The van der Waals surface area contributed by atoms with E-state index in [9.17, 15) is 9.18 Å². The van der Waals surface area contributed by atoms with Gasteiger partial charge < -0.3 is 4.98 Å². The summed E-state index contributed by atoms with van der Waals surface area (Å²) in [5.74, 6) is -0.323. The third kappa shape index (κ3) is 1.66. The van der Waals surface area contributed by atoms with Crippen molar-refractivity contribution < 1.29 is 4.39 Å². The lowest BCUT2D eigenvalue weighted by molar-refractivity contribution is 0.619. The van der Waals surface area contributed by atoms with Crippen LogP contribution in [0.15, 0.2) is 35.5 Å². The maximum Gasteiger partial charge on any atom is 0.258 e. The highest BCUT2D eigenvalue weighted by atomic mass is 19.1. The number of hydrogen-bond acceptors (Lipinski definition) is 2. The summed E-state index contributed by atoms with van der Waals surface area (Å²) in [5, 5.41) is 0. The van der Waals surface area contributed by atoms with Crippen LogP contribution in [-0.4, -0.2) is 9.97 Å². The van der Waals surface area contributed by atoms with Gasteiger partial charge in [-0.2, -0.15) is 0 Å². The highest BCUT2D eigenvalue weighted by Gasteiger charge is 2.08. The molecule has 0 aliphatic heterocycles. The predicted molar refractivity (Wildman–Crippen MR) is 55.0 cm³/mol. The summed E-state index contributed by atoms with van der Waals surface area (Å²) in [5.41, 5.74) is 1.15. The Labute approximate surface area is 85.6 Å². The quantitative estimate of drug-likeness (QED) is 0.770. The Kier molecular flexibility index (Phi) is 2.33. The molecule has 0 radical (unpaired) electrons. The van der Waals surface area contributed by atoms with Gasteiger partial charge in [-0.3, -0.25) is 4.79 Å². The fourth-order valence-corrected chi connectivity index (χ4v) is 1.44. The van der Waals surface area contributed by atoms with E-state index in [0.29, 0.717) is 16.7 Å². The van der Waals surface area contributed by atoms with Gasteiger partial charge in [0.2, 0.25) is 0 Å². The zero-order valence-electron chi connectivity index (χ0n) is 8.12. The number of rotatable bonds is 1. The van der Waals surface area contributed by atoms with Gasteiger partial charge in [0, 0.05) is 6.20 Å². The predicted octanol–water partition coefficient (Wildman–Crippen LogP) is 1.88. The number of H-pyrrole nitrogens is 1. The highest BCUT2D eigenvalue weighted by molar-refractivity contribution is 5.65. The Hall–Kier alpha value is -1.97. The monoisotopic (exact) mass is 204 g/mol. The van der Waals surface area contributed by atoms with Crippen molar-refractivity contribution in [3.63, 3.8) is 0 Å². The lowest BCUT2D eigenvalue weighted by Gasteiger charge is -2.04. The second kappa shape index (κ2) is 3.65. The van der Waals surface area contributed by atoms with Crippen LogP contribution in [0.1, 0.15) is 5.56 Å². The molecule has 2 rings (SSSR count). The highest BCUT2D eigenvalue weighted by Crippen LogP contribution is 2.20. The molecule has 1 aromatic heterocycles. The minimum absolute atomic E-state index is 0.265. The zero-order valence-corrected chi connectivity index (χ0v) is 8.12. The second-order valence-corrected chi connectivity index (χ2v) is 3.21. The van der Waals surface area contributed by atoms with Crippen molar-refractivity contribution in [2.24, 2.45) is 0 Å². The van der Waals surface area contributed by atoms with Crippen LogP contribution in [0.5, 0.6) is 0 Å². The van der Waals surface area contributed by atoms with E-state index in [1.807, 2.05) is 0 Å². The van der Waals surface area contributed by atoms with Crippen LogP contribution in [-0.2, 0) is 0 Å². The number of nitrogens with one attached hydrogen (secondary N) is 1. The Morgan fingerprint density at radius 3 is 2.87 bits per heavy atom. The molecule has 2 aromatic rings. The summed E-state index contributed by atoms with van der Waals surface area (Å²) < 4.78 is 13.3. The molecule has 0 aliphatic carbocycles. The van der Waals surface area contributed by atoms with Crippen molar-refractivity contribution in [3.8, 4) is 11.1 Å². The topological polar surface area (TPSA) is 45.8 Å². The first-order valence-corrected chi connectivity index (χ1v) is 4.48. The number of hydrogen-bond donors (Lipinski definition) is 1. The molecule has 0 fully saturated rings. The van der Waals surface area contributed by atoms with Gasteiger partial charge >= 0.3 is 0 Å². The molecule has 0 saturated heterocycles. The van der Waals surface area contributed by atoms with Gasteiger partial charge in [0.1, 0.15) is 5.82 Å². The summed E-state index contributed by atoms with van der Waals surface area (Å²) >= 11 is 0. The van der Waals surface area contributed by atoms with Crippen molar-refractivity contribution in [2.45, 2.75) is 6.92 Å². The average Bonchev–Trinajstić information content (AvgIpc) is 2.23. The molecule has 15 heavy (non-hydrogen) atoms. The fourth-order valence-electron chi connectivity index (χ4n) is 1.44. The third-order valence-electron chi connectivity index (χ3n) is 2.28. The van der Waals surface area contributed by atoms with Crippen LogP contribution in [0.2, 0.25) is 0 Å². The molecule has 1 aromatic carbocycles. The number of aromatic amines is 1. The van der Waals surface area contributed by atoms with E-state index in [0.717, 1.165) is 0 Å². The van der Waals surface area contributed by atoms with Crippen molar-refractivity contribution in [1.82, 2.24) is 9.97 Å². The third-order valence-corrected chi connectivity index (χ3v) is 2.28. The van der Waals surface area contributed by atoms with Gasteiger partial charge in [0.05, 0.1) is 11.9 Å². The van der Waals surface area contributed by atoms with Gasteiger partial charge in [0.25, 0.3) is 5.56 Å². The van der Waals surface area contributed by atoms with E-state index in [-0.39, 0.29) is 11.4 Å². The van der Waals surface area contributed by atoms with Gasteiger partial charge in [-0.1, -0.05) is 12.1 Å². The smallest absolute Gasteiger partial charge is 0.258 e. The first-order chi connectivity index (χ1) is 7.20. The van der Waals surface area contributed by atoms with E-state index in [2.05, 4.69) is 9.97 Å². The van der Waals surface area contributed by atoms with E-state index < -0.39 is 0 Å². The van der Waals surface area contributed by atoms with Gasteiger partial charge in [-0.05, 0) is 24.1 Å². The van der Waals surface area contributed by atoms with Gasteiger partial charge in [-0.15, -0.1) is 0 Å². The lowest BCUT2D eigenvalue weighted by Crippen LogP contribution is -2.09. The van der Waals surface area contributed by atoms with E-state index in [1.165, 1.54) is 18.6 Å². The van der Waals surface area contributed by atoms with Crippen LogP contribution in [0.3, 0.4) is 0 Å². The molecule has 0 bridgehead atoms. The van der Waals surface area contributed by atoms with Gasteiger partial charge in [-0.25, -0.2) is 9.37 Å². The van der Waals surface area contributed by atoms with E-state index in [4.69, 9.17) is 0 Å². The summed E-state index contributed by atoms with van der Waals surface area (Å²) in [6.07, 6.45) is 2.74. The molecule has 0 atom stereocenters. The largest absolute Gasteiger partial charge is 0.313 e. The van der Waals surface area contributed by atoms with Crippen molar-refractivity contribution in [3.05, 3.63) is 52.5 Å². The lowest BCUT2D eigenvalue weighted by atomic mass is 10.0. The first-order valence-electron chi connectivity index (χ1n) is 4.48. The number of aromatic nitrogens is 2. The minimum Gasteiger partial charge on any atom is -0.313 e. The molecule has 0 amide bonds. The number of benzene rings is 1. The maximum absolute atomic E-state index is 13.3. The number of halogens is 1. The van der Waals surface area contributed by atoms with Crippen LogP contribution in [0.4, 0.5) is 4.39 Å². The van der Waals surface area contributed by atoms with E-state index >= 15 is 0 Å². The Morgan fingerprint density at radius 1 is 1.33 bits per heavy atom. The van der Waals surface area contributed by atoms with Crippen LogP contribution >= 0.6 is 0 Å². The summed E-state index contributed by atoms with van der Waals surface area (Å²) in [7, 11) is 0. The normalized spacial score (nSPS) is 10.3. The molecule has 0 spiro atoms. The Balaban J connectivity index is 2.70. The van der Waals surface area contributed by atoms with Gasteiger partial charge in [0.15, 0.2) is 0 Å². The standard InChI is InChI=1S/C11H9FN2O/c1-7-8(3-2-4-10(7)12)9-5-13-6-14-11(9)15/h2-6H,1H3,(H,13,14,15). The molecule has 0 unspecified atom stereocenters. The Bertz CT molecular complexity index is 548.